The van der Waals surface area contributed by atoms with Gasteiger partial charge in [0.25, 0.3) is 0 Å². The Morgan fingerprint density at radius 3 is 2.39 bits per heavy atom. The van der Waals surface area contributed by atoms with E-state index in [1.807, 2.05) is 32.0 Å². The fraction of sp³-hybridized carbons (Fsp3) is 0.333. The van der Waals surface area contributed by atoms with Gasteiger partial charge in [0.15, 0.2) is 0 Å². The Kier molecular flexibility index (Phi) is 5.79. The van der Waals surface area contributed by atoms with Crippen molar-refractivity contribution in [3.8, 4) is 11.5 Å². The molecule has 1 N–H and O–H groups in total. The zero-order valence-corrected chi connectivity index (χ0v) is 17.1. The van der Waals surface area contributed by atoms with Crippen LogP contribution in [0.2, 0.25) is 5.02 Å². The molecule has 6 nitrogen and oxygen atoms in total. The van der Waals surface area contributed by atoms with Gasteiger partial charge in [-0.1, -0.05) is 29.8 Å². The molecule has 1 atom stereocenters. The van der Waals surface area contributed by atoms with E-state index in [0.717, 1.165) is 16.8 Å². The van der Waals surface area contributed by atoms with Gasteiger partial charge in [0.05, 0.1) is 30.8 Å². The summed E-state index contributed by atoms with van der Waals surface area (Å²) in [5.74, 6) is 0.133. The van der Waals surface area contributed by atoms with Gasteiger partial charge in [0.1, 0.15) is 11.5 Å². The van der Waals surface area contributed by atoms with Crippen LogP contribution in [0.25, 0.3) is 0 Å². The van der Waals surface area contributed by atoms with Crippen molar-refractivity contribution in [2.24, 2.45) is 5.92 Å². The van der Waals surface area contributed by atoms with Crippen LogP contribution in [0.5, 0.6) is 11.5 Å². The summed E-state index contributed by atoms with van der Waals surface area (Å²) >= 11 is 6.23. The average molecular weight is 403 g/mol. The number of methoxy groups -OCH3 is 2. The fourth-order valence-corrected chi connectivity index (χ4v) is 3.64. The lowest BCUT2D eigenvalue weighted by Gasteiger charge is -2.21. The summed E-state index contributed by atoms with van der Waals surface area (Å²) < 4.78 is 10.6. The van der Waals surface area contributed by atoms with E-state index in [4.69, 9.17) is 21.1 Å². The maximum Gasteiger partial charge on any atom is 0.229 e. The molecule has 0 aromatic heterocycles. The molecule has 148 valence electrons. The van der Waals surface area contributed by atoms with Crippen LogP contribution < -0.4 is 19.7 Å². The number of hydrogen-bond donors (Lipinski definition) is 1. The van der Waals surface area contributed by atoms with Crippen molar-refractivity contribution in [2.45, 2.75) is 20.3 Å². The van der Waals surface area contributed by atoms with Crippen molar-refractivity contribution < 1.29 is 19.1 Å². The largest absolute Gasteiger partial charge is 0.495 e. The summed E-state index contributed by atoms with van der Waals surface area (Å²) in [6, 6.07) is 9.09. The summed E-state index contributed by atoms with van der Waals surface area (Å²) in [5, 5.41) is 3.35. The van der Waals surface area contributed by atoms with E-state index in [9.17, 15) is 9.59 Å². The number of benzene rings is 2. The summed E-state index contributed by atoms with van der Waals surface area (Å²) in [6.07, 6.45) is 0.129. The first-order valence-corrected chi connectivity index (χ1v) is 9.32. The Labute approximate surface area is 169 Å². The number of ether oxygens (including phenoxy) is 2. The highest BCUT2D eigenvalue weighted by atomic mass is 35.5. The first kappa shape index (κ1) is 20.0. The smallest absolute Gasteiger partial charge is 0.229 e. The third-order valence-electron chi connectivity index (χ3n) is 4.97. The Bertz CT molecular complexity index is 909. The van der Waals surface area contributed by atoms with Crippen LogP contribution >= 0.6 is 11.6 Å². The summed E-state index contributed by atoms with van der Waals surface area (Å²) in [5.41, 5.74) is 3.29. The van der Waals surface area contributed by atoms with Gasteiger partial charge in [0.2, 0.25) is 11.8 Å². The van der Waals surface area contributed by atoms with Gasteiger partial charge in [0, 0.05) is 24.7 Å². The predicted molar refractivity (Wildman–Crippen MR) is 110 cm³/mol. The molecule has 1 aliphatic heterocycles. The molecule has 0 aliphatic carbocycles. The Hall–Kier alpha value is -2.73. The molecule has 0 spiro atoms. The van der Waals surface area contributed by atoms with Crippen LogP contribution in [0.1, 0.15) is 17.5 Å². The number of nitrogens with one attached hydrogen (secondary N) is 1. The van der Waals surface area contributed by atoms with Crippen molar-refractivity contribution in [1.29, 1.82) is 0 Å². The van der Waals surface area contributed by atoms with E-state index < -0.39 is 5.92 Å². The first-order chi connectivity index (χ1) is 13.3. The van der Waals surface area contributed by atoms with Gasteiger partial charge in [-0.05, 0) is 31.0 Å². The summed E-state index contributed by atoms with van der Waals surface area (Å²) in [4.78, 5) is 27.0. The monoisotopic (exact) mass is 402 g/mol. The third-order valence-corrected chi connectivity index (χ3v) is 5.26. The SMILES string of the molecule is COc1cc(OC)c(N2C[C@H](C(=O)Nc3c(C)cccc3C)CC2=O)cc1Cl. The number of amides is 2. The number of carbonyl (C=O) groups is 2. The van der Waals surface area contributed by atoms with E-state index in [2.05, 4.69) is 5.32 Å². The number of rotatable bonds is 5. The van der Waals surface area contributed by atoms with E-state index in [1.54, 1.807) is 17.0 Å². The zero-order valence-electron chi connectivity index (χ0n) is 16.3. The first-order valence-electron chi connectivity index (χ1n) is 8.94. The summed E-state index contributed by atoms with van der Waals surface area (Å²) in [7, 11) is 3.02. The number of halogens is 1. The Morgan fingerprint density at radius 1 is 1.14 bits per heavy atom. The van der Waals surface area contributed by atoms with Crippen LogP contribution in [0.15, 0.2) is 30.3 Å². The molecule has 0 saturated carbocycles. The highest BCUT2D eigenvalue weighted by Gasteiger charge is 2.37. The number of para-hydroxylation sites is 1. The minimum atomic E-state index is -0.461. The molecule has 2 aromatic carbocycles. The molecule has 3 rings (SSSR count). The van der Waals surface area contributed by atoms with Crippen LogP contribution in [0.3, 0.4) is 0 Å². The van der Waals surface area contributed by atoms with Crippen molar-refractivity contribution in [1.82, 2.24) is 0 Å². The summed E-state index contributed by atoms with van der Waals surface area (Å²) in [6.45, 7) is 4.15. The van der Waals surface area contributed by atoms with Gasteiger partial charge in [-0.25, -0.2) is 0 Å². The van der Waals surface area contributed by atoms with E-state index in [-0.39, 0.29) is 24.8 Å². The van der Waals surface area contributed by atoms with Crippen molar-refractivity contribution >= 4 is 34.8 Å². The third kappa shape index (κ3) is 3.78. The van der Waals surface area contributed by atoms with E-state index >= 15 is 0 Å². The maximum absolute atomic E-state index is 12.8. The van der Waals surface area contributed by atoms with Crippen LogP contribution in [0.4, 0.5) is 11.4 Å². The minimum absolute atomic E-state index is 0.129. The van der Waals surface area contributed by atoms with Crippen LogP contribution in [-0.4, -0.2) is 32.6 Å². The van der Waals surface area contributed by atoms with Crippen LogP contribution in [0, 0.1) is 19.8 Å². The quantitative estimate of drug-likeness (QED) is 0.821. The maximum atomic E-state index is 12.8. The van der Waals surface area contributed by atoms with Gasteiger partial charge in [-0.15, -0.1) is 0 Å². The number of aryl methyl sites for hydroxylation is 2. The molecular weight excluding hydrogens is 380 g/mol. The molecule has 1 aliphatic rings. The average Bonchev–Trinajstić information content (AvgIpc) is 3.06. The molecule has 1 fully saturated rings. The molecule has 2 aromatic rings. The normalized spacial score (nSPS) is 16.2. The lowest BCUT2D eigenvalue weighted by atomic mass is 10.1. The lowest BCUT2D eigenvalue weighted by Crippen LogP contribution is -2.28. The van der Waals surface area contributed by atoms with Gasteiger partial charge >= 0.3 is 0 Å². The number of anilines is 2. The molecule has 1 heterocycles. The van der Waals surface area contributed by atoms with Crippen molar-refractivity contribution in [2.75, 3.05) is 31.0 Å². The highest BCUT2D eigenvalue weighted by molar-refractivity contribution is 6.32. The molecule has 28 heavy (non-hydrogen) atoms. The van der Waals surface area contributed by atoms with Crippen molar-refractivity contribution in [3.05, 3.63) is 46.5 Å². The number of nitrogens with zero attached hydrogens (tertiary/aromatic N) is 1. The van der Waals surface area contributed by atoms with Crippen LogP contribution in [-0.2, 0) is 9.59 Å². The second-order valence-electron chi connectivity index (χ2n) is 6.82. The molecule has 7 heteroatoms. The highest BCUT2D eigenvalue weighted by Crippen LogP contribution is 2.40. The molecule has 0 bridgehead atoms. The van der Waals surface area contributed by atoms with Gasteiger partial charge in [-0.3, -0.25) is 9.59 Å². The lowest BCUT2D eigenvalue weighted by molar-refractivity contribution is -0.122. The van der Waals surface area contributed by atoms with Gasteiger partial charge < -0.3 is 19.7 Å². The van der Waals surface area contributed by atoms with E-state index in [1.165, 1.54) is 14.2 Å². The van der Waals surface area contributed by atoms with Crippen molar-refractivity contribution in [3.63, 3.8) is 0 Å². The predicted octanol–water partition coefficient (Wildman–Crippen LogP) is 3.97. The second kappa shape index (κ2) is 8.10. The van der Waals surface area contributed by atoms with Gasteiger partial charge in [-0.2, -0.15) is 0 Å². The number of hydrogen-bond acceptors (Lipinski definition) is 4. The minimum Gasteiger partial charge on any atom is -0.495 e. The van der Waals surface area contributed by atoms with E-state index in [0.29, 0.717) is 22.2 Å². The molecule has 2 amide bonds. The Morgan fingerprint density at radius 2 is 1.79 bits per heavy atom. The molecule has 1 saturated heterocycles. The zero-order chi connectivity index (χ0) is 20.4. The topological polar surface area (TPSA) is 67.9 Å². The second-order valence-corrected chi connectivity index (χ2v) is 7.23. The Balaban J connectivity index is 1.82. The fourth-order valence-electron chi connectivity index (χ4n) is 3.41. The molecule has 0 unspecified atom stereocenters. The standard InChI is InChI=1S/C21H23ClN2O4/c1-12-6-5-7-13(2)20(12)23-21(26)14-8-19(25)24(11-14)16-9-15(22)17(27-3)10-18(16)28-4/h5-7,9-10,14H,8,11H2,1-4H3,(H,23,26)/t14-/m1/s1. The molecule has 0 radical (unpaired) electrons. The molecular formula is C21H23ClN2O4. The number of carbonyl (C=O) groups excluding carboxylic acids is 2.